The first-order valence-electron chi connectivity index (χ1n) is 6.53. The fraction of sp³-hybridized carbons (Fsp3) is 0.250. The molecule has 20 heavy (non-hydrogen) atoms. The second-order valence-corrected chi connectivity index (χ2v) is 5.27. The van der Waals surface area contributed by atoms with E-state index in [4.69, 9.17) is 11.6 Å². The summed E-state index contributed by atoms with van der Waals surface area (Å²) in [6.07, 6.45) is 2.29. The monoisotopic (exact) mass is 288 g/mol. The Morgan fingerprint density at radius 2 is 2.05 bits per heavy atom. The molecule has 1 unspecified atom stereocenters. The SMILES string of the molecule is Cc1ccc(C(=O)NC(C)Cc2ccccc2Cl)cn1. The molecule has 3 nitrogen and oxygen atoms in total. The van der Waals surface area contributed by atoms with Crippen molar-refractivity contribution in [2.45, 2.75) is 26.3 Å². The van der Waals surface area contributed by atoms with Crippen LogP contribution in [0, 0.1) is 6.92 Å². The molecule has 0 aliphatic heterocycles. The van der Waals surface area contributed by atoms with Crippen molar-refractivity contribution in [3.05, 3.63) is 64.4 Å². The first-order valence-corrected chi connectivity index (χ1v) is 6.91. The fourth-order valence-corrected chi connectivity index (χ4v) is 2.17. The second kappa shape index (κ2) is 6.53. The molecule has 0 fully saturated rings. The van der Waals surface area contributed by atoms with E-state index in [1.54, 1.807) is 12.3 Å². The minimum Gasteiger partial charge on any atom is -0.349 e. The molecule has 0 aliphatic carbocycles. The van der Waals surface area contributed by atoms with Crippen molar-refractivity contribution in [1.82, 2.24) is 10.3 Å². The Morgan fingerprint density at radius 1 is 1.30 bits per heavy atom. The van der Waals surface area contributed by atoms with Gasteiger partial charge in [0.05, 0.1) is 5.56 Å². The minimum atomic E-state index is -0.114. The summed E-state index contributed by atoms with van der Waals surface area (Å²) < 4.78 is 0. The Bertz CT molecular complexity index is 596. The van der Waals surface area contributed by atoms with Crippen molar-refractivity contribution < 1.29 is 4.79 Å². The van der Waals surface area contributed by atoms with Gasteiger partial charge in [-0.1, -0.05) is 29.8 Å². The number of carbonyl (C=O) groups excluding carboxylic acids is 1. The average Bonchev–Trinajstić information content (AvgIpc) is 2.42. The van der Waals surface area contributed by atoms with Crippen molar-refractivity contribution in [2.75, 3.05) is 0 Å². The highest BCUT2D eigenvalue weighted by Crippen LogP contribution is 2.16. The van der Waals surface area contributed by atoms with E-state index < -0.39 is 0 Å². The van der Waals surface area contributed by atoms with Gasteiger partial charge < -0.3 is 5.32 Å². The average molecular weight is 289 g/mol. The van der Waals surface area contributed by atoms with E-state index in [1.165, 1.54) is 0 Å². The number of rotatable bonds is 4. The number of pyridine rings is 1. The van der Waals surface area contributed by atoms with Crippen LogP contribution in [0.2, 0.25) is 5.02 Å². The number of carbonyl (C=O) groups is 1. The van der Waals surface area contributed by atoms with Crippen LogP contribution in [0.25, 0.3) is 0 Å². The normalized spacial score (nSPS) is 11.9. The lowest BCUT2D eigenvalue weighted by Gasteiger charge is -2.14. The number of amides is 1. The summed E-state index contributed by atoms with van der Waals surface area (Å²) >= 11 is 6.12. The maximum Gasteiger partial charge on any atom is 0.253 e. The molecule has 104 valence electrons. The van der Waals surface area contributed by atoms with Crippen LogP contribution < -0.4 is 5.32 Å². The standard InChI is InChI=1S/C16H17ClN2O/c1-11-7-8-14(10-18-11)16(20)19-12(2)9-13-5-3-4-6-15(13)17/h3-8,10,12H,9H2,1-2H3,(H,19,20). The molecule has 1 atom stereocenters. The van der Waals surface area contributed by atoms with Crippen LogP contribution in [0.4, 0.5) is 0 Å². The zero-order chi connectivity index (χ0) is 14.5. The molecular formula is C16H17ClN2O. The molecule has 0 bridgehead atoms. The van der Waals surface area contributed by atoms with Gasteiger partial charge in [-0.25, -0.2) is 0 Å². The van der Waals surface area contributed by atoms with Crippen molar-refractivity contribution in [1.29, 1.82) is 0 Å². The van der Waals surface area contributed by atoms with Gasteiger partial charge in [-0.05, 0) is 44.0 Å². The largest absolute Gasteiger partial charge is 0.349 e. The summed E-state index contributed by atoms with van der Waals surface area (Å²) in [4.78, 5) is 16.2. The Labute approximate surface area is 124 Å². The Kier molecular flexibility index (Phi) is 4.74. The molecule has 0 saturated heterocycles. The van der Waals surface area contributed by atoms with E-state index in [2.05, 4.69) is 10.3 Å². The van der Waals surface area contributed by atoms with Crippen LogP contribution in [0.3, 0.4) is 0 Å². The summed E-state index contributed by atoms with van der Waals surface area (Å²) in [7, 11) is 0. The third-order valence-corrected chi connectivity index (χ3v) is 3.40. The number of halogens is 1. The number of aryl methyl sites for hydroxylation is 1. The summed E-state index contributed by atoms with van der Waals surface area (Å²) in [6, 6.07) is 11.3. The van der Waals surface area contributed by atoms with Crippen LogP contribution in [0.5, 0.6) is 0 Å². The predicted molar refractivity (Wildman–Crippen MR) is 81.1 cm³/mol. The van der Waals surface area contributed by atoms with Gasteiger partial charge in [-0.15, -0.1) is 0 Å². The zero-order valence-electron chi connectivity index (χ0n) is 11.6. The van der Waals surface area contributed by atoms with E-state index in [1.807, 2.05) is 44.2 Å². The van der Waals surface area contributed by atoms with Crippen molar-refractivity contribution in [3.63, 3.8) is 0 Å². The van der Waals surface area contributed by atoms with Crippen molar-refractivity contribution in [3.8, 4) is 0 Å². The zero-order valence-corrected chi connectivity index (χ0v) is 12.3. The lowest BCUT2D eigenvalue weighted by molar-refractivity contribution is 0.0939. The van der Waals surface area contributed by atoms with Gasteiger partial charge in [0.25, 0.3) is 5.91 Å². The molecule has 1 N–H and O–H groups in total. The van der Waals surface area contributed by atoms with E-state index in [0.717, 1.165) is 16.3 Å². The van der Waals surface area contributed by atoms with Crippen LogP contribution >= 0.6 is 11.6 Å². The maximum atomic E-state index is 12.1. The van der Waals surface area contributed by atoms with Crippen LogP contribution in [-0.2, 0) is 6.42 Å². The molecule has 0 saturated carbocycles. The lowest BCUT2D eigenvalue weighted by atomic mass is 10.1. The first kappa shape index (κ1) is 14.5. The highest BCUT2D eigenvalue weighted by Gasteiger charge is 2.11. The van der Waals surface area contributed by atoms with Crippen molar-refractivity contribution >= 4 is 17.5 Å². The smallest absolute Gasteiger partial charge is 0.253 e. The Hall–Kier alpha value is -1.87. The maximum absolute atomic E-state index is 12.1. The molecule has 2 aromatic rings. The minimum absolute atomic E-state index is 0.00343. The topological polar surface area (TPSA) is 42.0 Å². The van der Waals surface area contributed by atoms with Gasteiger partial charge in [0.2, 0.25) is 0 Å². The highest BCUT2D eigenvalue weighted by atomic mass is 35.5. The van der Waals surface area contributed by atoms with Crippen LogP contribution in [0.15, 0.2) is 42.6 Å². The number of hydrogen-bond donors (Lipinski definition) is 1. The molecule has 0 spiro atoms. The fourth-order valence-electron chi connectivity index (χ4n) is 1.95. The summed E-state index contributed by atoms with van der Waals surface area (Å²) in [6.45, 7) is 3.85. The van der Waals surface area contributed by atoms with Gasteiger partial charge in [0, 0.05) is 23.0 Å². The number of aromatic nitrogens is 1. The summed E-state index contributed by atoms with van der Waals surface area (Å²) in [5.74, 6) is -0.114. The Morgan fingerprint density at radius 3 is 2.70 bits per heavy atom. The molecule has 0 aliphatic rings. The number of nitrogens with zero attached hydrogens (tertiary/aromatic N) is 1. The number of benzene rings is 1. The lowest BCUT2D eigenvalue weighted by Crippen LogP contribution is -2.34. The van der Waals surface area contributed by atoms with Crippen LogP contribution in [0.1, 0.15) is 28.5 Å². The van der Waals surface area contributed by atoms with Gasteiger partial charge in [-0.2, -0.15) is 0 Å². The second-order valence-electron chi connectivity index (χ2n) is 4.86. The van der Waals surface area contributed by atoms with Crippen LogP contribution in [-0.4, -0.2) is 16.9 Å². The predicted octanol–water partition coefficient (Wildman–Crippen LogP) is 3.40. The van der Waals surface area contributed by atoms with E-state index in [-0.39, 0.29) is 11.9 Å². The summed E-state index contributed by atoms with van der Waals surface area (Å²) in [5, 5.41) is 3.68. The third kappa shape index (κ3) is 3.81. The molecule has 1 amide bonds. The quantitative estimate of drug-likeness (QED) is 0.937. The highest BCUT2D eigenvalue weighted by molar-refractivity contribution is 6.31. The molecular weight excluding hydrogens is 272 g/mol. The Balaban J connectivity index is 1.98. The molecule has 1 aromatic heterocycles. The van der Waals surface area contributed by atoms with Gasteiger partial charge >= 0.3 is 0 Å². The van der Waals surface area contributed by atoms with Crippen molar-refractivity contribution in [2.24, 2.45) is 0 Å². The van der Waals surface area contributed by atoms with E-state index in [0.29, 0.717) is 12.0 Å². The molecule has 2 rings (SSSR count). The van der Waals surface area contributed by atoms with E-state index in [9.17, 15) is 4.79 Å². The molecule has 0 radical (unpaired) electrons. The van der Waals surface area contributed by atoms with Gasteiger partial charge in [-0.3, -0.25) is 9.78 Å². The third-order valence-electron chi connectivity index (χ3n) is 3.03. The molecule has 1 aromatic carbocycles. The summed E-state index contributed by atoms with van der Waals surface area (Å²) in [5.41, 5.74) is 2.50. The first-order chi connectivity index (χ1) is 9.56. The molecule has 1 heterocycles. The van der Waals surface area contributed by atoms with Gasteiger partial charge in [0.15, 0.2) is 0 Å². The number of nitrogens with one attached hydrogen (secondary N) is 1. The molecule has 4 heteroatoms. The number of hydrogen-bond acceptors (Lipinski definition) is 2. The van der Waals surface area contributed by atoms with Gasteiger partial charge in [0.1, 0.15) is 0 Å². The van der Waals surface area contributed by atoms with E-state index >= 15 is 0 Å².